The Labute approximate surface area is 61.9 Å². The van der Waals surface area contributed by atoms with Gasteiger partial charge < -0.3 is 4.74 Å². The first-order valence-corrected chi connectivity index (χ1v) is 3.32. The van der Waals surface area contributed by atoms with E-state index in [-0.39, 0.29) is 5.78 Å². The topological polar surface area (TPSA) is 26.3 Å². The van der Waals surface area contributed by atoms with Crippen molar-refractivity contribution < 1.29 is 9.53 Å². The molecule has 0 heterocycles. The van der Waals surface area contributed by atoms with E-state index in [1.54, 1.807) is 6.08 Å². The van der Waals surface area contributed by atoms with E-state index >= 15 is 0 Å². The predicted molar refractivity (Wildman–Crippen MR) is 40.9 cm³/mol. The van der Waals surface area contributed by atoms with E-state index in [9.17, 15) is 4.79 Å². The first-order valence-electron chi connectivity index (χ1n) is 3.32. The summed E-state index contributed by atoms with van der Waals surface area (Å²) in [5.41, 5.74) is -0.750. The van der Waals surface area contributed by atoms with Crippen molar-refractivity contribution in [1.29, 1.82) is 0 Å². The van der Waals surface area contributed by atoms with E-state index in [4.69, 9.17) is 4.74 Å². The third kappa shape index (κ3) is 1.45. The Kier molecular flexibility index (Phi) is 3.30. The largest absolute Gasteiger partial charge is 0.366 e. The van der Waals surface area contributed by atoms with Gasteiger partial charge in [0.25, 0.3) is 0 Å². The molecular formula is C8H14O2. The average Bonchev–Trinajstić information content (AvgIpc) is 1.92. The SMILES string of the molecule is C=CC(CC)(OC)C(C)=O. The lowest BCUT2D eigenvalue weighted by Gasteiger charge is -2.23. The molecule has 0 aromatic rings. The van der Waals surface area contributed by atoms with E-state index < -0.39 is 5.60 Å². The van der Waals surface area contributed by atoms with Gasteiger partial charge in [0.1, 0.15) is 5.60 Å². The van der Waals surface area contributed by atoms with Gasteiger partial charge in [-0.2, -0.15) is 0 Å². The highest BCUT2D eigenvalue weighted by molar-refractivity contribution is 5.86. The van der Waals surface area contributed by atoms with Crippen molar-refractivity contribution in [2.24, 2.45) is 0 Å². The van der Waals surface area contributed by atoms with Crippen LogP contribution in [0.1, 0.15) is 20.3 Å². The lowest BCUT2D eigenvalue weighted by molar-refractivity contribution is -0.133. The summed E-state index contributed by atoms with van der Waals surface area (Å²) in [6.45, 7) is 6.95. The second kappa shape index (κ2) is 3.52. The van der Waals surface area contributed by atoms with Gasteiger partial charge in [0.2, 0.25) is 0 Å². The van der Waals surface area contributed by atoms with Crippen molar-refractivity contribution in [2.45, 2.75) is 25.9 Å². The molecule has 58 valence electrons. The summed E-state index contributed by atoms with van der Waals surface area (Å²) >= 11 is 0. The number of hydrogen-bond acceptors (Lipinski definition) is 2. The lowest BCUT2D eigenvalue weighted by Crippen LogP contribution is -2.35. The second-order valence-corrected chi connectivity index (χ2v) is 2.21. The first kappa shape index (κ1) is 9.37. The average molecular weight is 142 g/mol. The van der Waals surface area contributed by atoms with Crippen LogP contribution in [0.5, 0.6) is 0 Å². The molecular weight excluding hydrogens is 128 g/mol. The zero-order valence-electron chi connectivity index (χ0n) is 6.81. The summed E-state index contributed by atoms with van der Waals surface area (Å²) in [4.78, 5) is 11.0. The third-order valence-corrected chi connectivity index (χ3v) is 1.82. The first-order chi connectivity index (χ1) is 4.63. The zero-order valence-corrected chi connectivity index (χ0v) is 6.81. The molecule has 0 amide bonds. The van der Waals surface area contributed by atoms with Crippen LogP contribution in [0, 0.1) is 0 Å². The molecule has 0 bridgehead atoms. The fourth-order valence-electron chi connectivity index (χ4n) is 0.908. The molecule has 0 aliphatic heterocycles. The minimum absolute atomic E-state index is 0.00694. The van der Waals surface area contributed by atoms with Gasteiger partial charge in [-0.15, -0.1) is 0 Å². The molecule has 0 aromatic heterocycles. The number of hydrogen-bond donors (Lipinski definition) is 0. The lowest BCUT2D eigenvalue weighted by atomic mass is 9.96. The summed E-state index contributed by atoms with van der Waals surface area (Å²) in [5, 5.41) is 0. The molecule has 0 aliphatic rings. The summed E-state index contributed by atoms with van der Waals surface area (Å²) in [6, 6.07) is 0. The minimum atomic E-state index is -0.750. The van der Waals surface area contributed by atoms with Crippen LogP contribution in [0.3, 0.4) is 0 Å². The highest BCUT2D eigenvalue weighted by Gasteiger charge is 2.28. The monoisotopic (exact) mass is 142 g/mol. The minimum Gasteiger partial charge on any atom is -0.366 e. The Morgan fingerprint density at radius 3 is 2.30 bits per heavy atom. The molecule has 2 heteroatoms. The molecule has 2 nitrogen and oxygen atoms in total. The predicted octanol–water partition coefficient (Wildman–Crippen LogP) is 1.56. The Balaban J connectivity index is 4.46. The maximum absolute atomic E-state index is 11.0. The molecule has 1 unspecified atom stereocenters. The van der Waals surface area contributed by atoms with Crippen molar-refractivity contribution in [3.8, 4) is 0 Å². The van der Waals surface area contributed by atoms with Crippen LogP contribution >= 0.6 is 0 Å². The van der Waals surface area contributed by atoms with Crippen LogP contribution < -0.4 is 0 Å². The molecule has 0 rings (SSSR count). The van der Waals surface area contributed by atoms with Gasteiger partial charge in [-0.25, -0.2) is 0 Å². The van der Waals surface area contributed by atoms with Crippen LogP contribution in [0.15, 0.2) is 12.7 Å². The van der Waals surface area contributed by atoms with Crippen molar-refractivity contribution in [2.75, 3.05) is 7.11 Å². The van der Waals surface area contributed by atoms with E-state index in [2.05, 4.69) is 6.58 Å². The van der Waals surface area contributed by atoms with Gasteiger partial charge in [-0.05, 0) is 13.3 Å². The Hall–Kier alpha value is -0.630. The molecule has 0 saturated heterocycles. The van der Waals surface area contributed by atoms with Crippen LogP contribution in [-0.2, 0) is 9.53 Å². The number of rotatable bonds is 4. The molecule has 0 saturated carbocycles. The van der Waals surface area contributed by atoms with Crippen molar-refractivity contribution >= 4 is 5.78 Å². The van der Waals surface area contributed by atoms with E-state index in [1.165, 1.54) is 14.0 Å². The Bertz CT molecular complexity index is 134. The summed E-state index contributed by atoms with van der Waals surface area (Å²) in [6.07, 6.45) is 2.19. The van der Waals surface area contributed by atoms with Gasteiger partial charge in [-0.1, -0.05) is 19.6 Å². The summed E-state index contributed by atoms with van der Waals surface area (Å²) in [7, 11) is 1.52. The number of ketones is 1. The normalized spacial score (nSPS) is 15.9. The number of carbonyl (C=O) groups excluding carboxylic acids is 1. The van der Waals surface area contributed by atoms with Gasteiger partial charge in [0.15, 0.2) is 5.78 Å². The van der Waals surface area contributed by atoms with Gasteiger partial charge in [0.05, 0.1) is 0 Å². The van der Waals surface area contributed by atoms with Gasteiger partial charge in [0, 0.05) is 7.11 Å². The standard InChI is InChI=1S/C8H14O2/c1-5-8(6-2,10-4)7(3)9/h5H,1,6H2,2-4H3. The summed E-state index contributed by atoms with van der Waals surface area (Å²) in [5.74, 6) is 0.00694. The van der Waals surface area contributed by atoms with Crippen molar-refractivity contribution in [3.05, 3.63) is 12.7 Å². The van der Waals surface area contributed by atoms with E-state index in [0.29, 0.717) is 6.42 Å². The smallest absolute Gasteiger partial charge is 0.165 e. The molecule has 10 heavy (non-hydrogen) atoms. The van der Waals surface area contributed by atoms with Crippen molar-refractivity contribution in [3.63, 3.8) is 0 Å². The Morgan fingerprint density at radius 2 is 2.30 bits per heavy atom. The molecule has 1 atom stereocenters. The summed E-state index contributed by atoms with van der Waals surface area (Å²) < 4.78 is 5.03. The van der Waals surface area contributed by atoms with Crippen LogP contribution in [-0.4, -0.2) is 18.5 Å². The number of Topliss-reactive ketones (excluding diaryl/α,β-unsaturated/α-hetero) is 1. The highest BCUT2D eigenvalue weighted by atomic mass is 16.5. The molecule has 0 radical (unpaired) electrons. The van der Waals surface area contributed by atoms with Crippen LogP contribution in [0.2, 0.25) is 0 Å². The maximum atomic E-state index is 11.0. The van der Waals surface area contributed by atoms with Gasteiger partial charge >= 0.3 is 0 Å². The maximum Gasteiger partial charge on any atom is 0.165 e. The van der Waals surface area contributed by atoms with Crippen LogP contribution in [0.25, 0.3) is 0 Å². The fourth-order valence-corrected chi connectivity index (χ4v) is 0.908. The second-order valence-electron chi connectivity index (χ2n) is 2.21. The Morgan fingerprint density at radius 1 is 1.80 bits per heavy atom. The molecule has 0 aromatic carbocycles. The van der Waals surface area contributed by atoms with Crippen molar-refractivity contribution in [1.82, 2.24) is 0 Å². The fraction of sp³-hybridized carbons (Fsp3) is 0.625. The molecule has 0 N–H and O–H groups in total. The number of ether oxygens (including phenoxy) is 1. The van der Waals surface area contributed by atoms with E-state index in [0.717, 1.165) is 0 Å². The molecule has 0 fully saturated rings. The van der Waals surface area contributed by atoms with Crippen LogP contribution in [0.4, 0.5) is 0 Å². The quantitative estimate of drug-likeness (QED) is 0.557. The molecule has 0 spiro atoms. The molecule has 0 aliphatic carbocycles. The zero-order chi connectivity index (χ0) is 8.20. The van der Waals surface area contributed by atoms with Gasteiger partial charge in [-0.3, -0.25) is 4.79 Å². The number of methoxy groups -OCH3 is 1. The highest BCUT2D eigenvalue weighted by Crippen LogP contribution is 2.16. The number of carbonyl (C=O) groups is 1. The third-order valence-electron chi connectivity index (χ3n) is 1.82. The van der Waals surface area contributed by atoms with E-state index in [1.807, 2.05) is 6.92 Å².